The van der Waals surface area contributed by atoms with E-state index in [-0.39, 0.29) is 11.3 Å². The molecule has 0 fully saturated rings. The number of carbonyl (C=O) groups is 1. The van der Waals surface area contributed by atoms with Gasteiger partial charge in [-0.2, -0.15) is 5.10 Å². The summed E-state index contributed by atoms with van der Waals surface area (Å²) in [6.07, 6.45) is 5.06. The van der Waals surface area contributed by atoms with Gasteiger partial charge in [0.2, 0.25) is 0 Å². The zero-order valence-electron chi connectivity index (χ0n) is 12.1. The molecule has 2 aromatic rings. The van der Waals surface area contributed by atoms with E-state index in [4.69, 9.17) is 0 Å². The van der Waals surface area contributed by atoms with Crippen LogP contribution in [0.2, 0.25) is 0 Å². The molecule has 6 nitrogen and oxygen atoms in total. The van der Waals surface area contributed by atoms with Crippen LogP contribution in [0.15, 0.2) is 55.9 Å². The molecular formula is C15H13BrN4O2S. The number of nitrogens with one attached hydrogen (secondary N) is 2. The van der Waals surface area contributed by atoms with Gasteiger partial charge in [-0.1, -0.05) is 42.1 Å². The first-order chi connectivity index (χ1) is 11.1. The van der Waals surface area contributed by atoms with E-state index >= 15 is 0 Å². The predicted molar refractivity (Wildman–Crippen MR) is 95.9 cm³/mol. The first kappa shape index (κ1) is 17.2. The van der Waals surface area contributed by atoms with Crippen LogP contribution in [-0.2, 0) is 0 Å². The van der Waals surface area contributed by atoms with Crippen molar-refractivity contribution in [3.63, 3.8) is 0 Å². The van der Waals surface area contributed by atoms with Gasteiger partial charge < -0.3 is 4.98 Å². The second-order valence-corrected chi connectivity index (χ2v) is 5.99. The monoisotopic (exact) mass is 392 g/mol. The summed E-state index contributed by atoms with van der Waals surface area (Å²) >= 11 is 4.58. The molecule has 2 N–H and O–H groups in total. The number of allylic oxidation sites excluding steroid dienone is 1. The van der Waals surface area contributed by atoms with Gasteiger partial charge in [0, 0.05) is 10.5 Å². The minimum absolute atomic E-state index is 0.0124. The van der Waals surface area contributed by atoms with Gasteiger partial charge in [-0.15, -0.1) is 0 Å². The molecule has 0 bridgehead atoms. The third kappa shape index (κ3) is 5.50. The minimum Gasteiger partial charge on any atom is -0.301 e. The van der Waals surface area contributed by atoms with Gasteiger partial charge in [0.1, 0.15) is 5.69 Å². The van der Waals surface area contributed by atoms with Crippen LogP contribution in [-0.4, -0.2) is 28.3 Å². The van der Waals surface area contributed by atoms with E-state index in [0.29, 0.717) is 9.64 Å². The summed E-state index contributed by atoms with van der Waals surface area (Å²) in [6.45, 7) is 0. The van der Waals surface area contributed by atoms with E-state index in [9.17, 15) is 9.59 Å². The fourth-order valence-electron chi connectivity index (χ4n) is 1.60. The molecule has 1 amide bonds. The highest BCUT2D eigenvalue weighted by Gasteiger charge is 2.08. The van der Waals surface area contributed by atoms with Crippen molar-refractivity contribution in [2.24, 2.45) is 5.10 Å². The molecule has 1 aromatic carbocycles. The number of hydrazone groups is 1. The largest absolute Gasteiger partial charge is 0.301 e. The smallest absolute Gasteiger partial charge is 0.290 e. The number of hydrogen-bond acceptors (Lipinski definition) is 5. The Balaban J connectivity index is 2.02. The Bertz CT molecular complexity index is 803. The Kier molecular flexibility index (Phi) is 6.30. The normalized spacial score (nSPS) is 11.7. The molecule has 1 heterocycles. The molecule has 1 aromatic heterocycles. The van der Waals surface area contributed by atoms with E-state index in [1.54, 1.807) is 6.26 Å². The second kappa shape index (κ2) is 8.44. The van der Waals surface area contributed by atoms with Crippen LogP contribution in [0.25, 0.3) is 6.08 Å². The lowest BCUT2D eigenvalue weighted by Crippen LogP contribution is -2.22. The summed E-state index contributed by atoms with van der Waals surface area (Å²) < 4.78 is 0.688. The molecule has 0 saturated carbocycles. The molecule has 0 saturated heterocycles. The van der Waals surface area contributed by atoms with E-state index in [1.165, 1.54) is 18.0 Å². The zero-order chi connectivity index (χ0) is 16.7. The highest BCUT2D eigenvalue weighted by atomic mass is 79.9. The first-order valence-electron chi connectivity index (χ1n) is 6.49. The third-order valence-corrected chi connectivity index (χ3v) is 3.62. The number of carbonyl (C=O) groups excluding carboxylic acids is 1. The quantitative estimate of drug-likeness (QED) is 0.354. The Morgan fingerprint density at radius 1 is 1.39 bits per heavy atom. The fraction of sp³-hybridized carbons (Fsp3) is 0.0667. The zero-order valence-corrected chi connectivity index (χ0v) is 14.5. The molecule has 0 aliphatic carbocycles. The summed E-state index contributed by atoms with van der Waals surface area (Å²) in [5, 5.41) is 4.20. The molecule has 0 aliphatic heterocycles. The number of nitrogens with zero attached hydrogens (tertiary/aromatic N) is 2. The van der Waals surface area contributed by atoms with Crippen molar-refractivity contribution in [1.82, 2.24) is 15.4 Å². The standard InChI is InChI=1S/C15H13BrN4O2S/c1-23-15-18-12(8-13(21)19-15)14(22)20-17-9-11(16)7-10-5-3-2-4-6-10/h2-9H,1H3,(H,20,22)(H,18,19,21)/b11-7-,17-9+. The fourth-order valence-corrected chi connectivity index (χ4v) is 2.36. The lowest BCUT2D eigenvalue weighted by atomic mass is 10.2. The van der Waals surface area contributed by atoms with Crippen molar-refractivity contribution in [2.75, 3.05) is 6.26 Å². The number of aromatic nitrogens is 2. The van der Waals surface area contributed by atoms with Crippen molar-refractivity contribution in [1.29, 1.82) is 0 Å². The van der Waals surface area contributed by atoms with Crippen LogP contribution in [0.4, 0.5) is 0 Å². The number of halogens is 1. The number of thioether (sulfide) groups is 1. The van der Waals surface area contributed by atoms with Gasteiger partial charge >= 0.3 is 0 Å². The van der Waals surface area contributed by atoms with Crippen LogP contribution in [0.1, 0.15) is 16.1 Å². The Morgan fingerprint density at radius 3 is 2.83 bits per heavy atom. The van der Waals surface area contributed by atoms with Crippen LogP contribution in [0, 0.1) is 0 Å². The molecule has 2 rings (SSSR count). The van der Waals surface area contributed by atoms with Crippen molar-refractivity contribution in [2.45, 2.75) is 5.16 Å². The Hall–Kier alpha value is -2.19. The highest BCUT2D eigenvalue weighted by molar-refractivity contribution is 9.12. The molecule has 118 valence electrons. The maximum absolute atomic E-state index is 11.9. The number of rotatable bonds is 5. The molecular weight excluding hydrogens is 380 g/mol. The molecule has 0 atom stereocenters. The Morgan fingerprint density at radius 2 is 2.13 bits per heavy atom. The predicted octanol–water partition coefficient (Wildman–Crippen LogP) is 2.64. The SMILES string of the molecule is CSc1nc(C(=O)N/N=C/C(Br)=C/c2ccccc2)cc(=O)[nH]1. The first-order valence-corrected chi connectivity index (χ1v) is 8.51. The molecule has 0 unspecified atom stereocenters. The summed E-state index contributed by atoms with van der Waals surface area (Å²) in [6, 6.07) is 10.8. The number of aromatic amines is 1. The summed E-state index contributed by atoms with van der Waals surface area (Å²) in [4.78, 5) is 29.9. The lowest BCUT2D eigenvalue weighted by molar-refractivity contribution is 0.0949. The van der Waals surface area contributed by atoms with Crippen molar-refractivity contribution < 1.29 is 4.79 Å². The van der Waals surface area contributed by atoms with Crippen LogP contribution in [0.5, 0.6) is 0 Å². The van der Waals surface area contributed by atoms with E-state index in [0.717, 1.165) is 11.6 Å². The number of H-pyrrole nitrogens is 1. The van der Waals surface area contributed by atoms with E-state index in [1.807, 2.05) is 36.4 Å². The lowest BCUT2D eigenvalue weighted by Gasteiger charge is -2.00. The number of benzene rings is 1. The third-order valence-electron chi connectivity index (χ3n) is 2.60. The molecule has 0 spiro atoms. The van der Waals surface area contributed by atoms with Gasteiger partial charge in [0.05, 0.1) is 6.21 Å². The highest BCUT2D eigenvalue weighted by Crippen LogP contribution is 2.10. The summed E-state index contributed by atoms with van der Waals surface area (Å²) in [5.74, 6) is -0.553. The maximum atomic E-state index is 11.9. The van der Waals surface area contributed by atoms with Gasteiger partial charge in [0.15, 0.2) is 5.16 Å². The van der Waals surface area contributed by atoms with Gasteiger partial charge in [-0.3, -0.25) is 9.59 Å². The van der Waals surface area contributed by atoms with Gasteiger partial charge in [0.25, 0.3) is 11.5 Å². The van der Waals surface area contributed by atoms with Crippen molar-refractivity contribution in [3.05, 3.63) is 62.5 Å². The maximum Gasteiger partial charge on any atom is 0.290 e. The molecule has 8 heteroatoms. The average Bonchev–Trinajstić information content (AvgIpc) is 2.55. The van der Waals surface area contributed by atoms with Gasteiger partial charge in [-0.25, -0.2) is 10.4 Å². The number of amides is 1. The van der Waals surface area contributed by atoms with Crippen molar-refractivity contribution in [3.8, 4) is 0 Å². The summed E-state index contributed by atoms with van der Waals surface area (Å²) in [7, 11) is 0. The van der Waals surface area contributed by atoms with Gasteiger partial charge in [-0.05, 0) is 33.8 Å². The Labute approximate surface area is 145 Å². The second-order valence-electron chi connectivity index (χ2n) is 4.28. The number of hydrogen-bond donors (Lipinski definition) is 2. The van der Waals surface area contributed by atoms with E-state index in [2.05, 4.69) is 36.4 Å². The van der Waals surface area contributed by atoms with Crippen LogP contribution < -0.4 is 11.0 Å². The van der Waals surface area contributed by atoms with Crippen LogP contribution >= 0.6 is 27.7 Å². The molecule has 23 heavy (non-hydrogen) atoms. The van der Waals surface area contributed by atoms with E-state index < -0.39 is 5.91 Å². The van der Waals surface area contributed by atoms with Crippen LogP contribution in [0.3, 0.4) is 0 Å². The summed E-state index contributed by atoms with van der Waals surface area (Å²) in [5.41, 5.74) is 2.95. The van der Waals surface area contributed by atoms with Crippen molar-refractivity contribution >= 4 is 45.9 Å². The average molecular weight is 393 g/mol. The topological polar surface area (TPSA) is 87.2 Å². The molecule has 0 radical (unpaired) electrons. The molecule has 0 aliphatic rings. The minimum atomic E-state index is -0.553.